The van der Waals surface area contributed by atoms with Crippen LogP contribution in [0.4, 0.5) is 0 Å². The molecule has 0 aliphatic carbocycles. The number of hydrogen-bond donors (Lipinski definition) is 1. The van der Waals surface area contributed by atoms with Gasteiger partial charge in [-0.2, -0.15) is 5.26 Å². The van der Waals surface area contributed by atoms with Gasteiger partial charge in [0, 0.05) is 6.54 Å². The average molecular weight is 266 g/mol. The Kier molecular flexibility index (Phi) is 5.63. The van der Waals surface area contributed by atoms with Gasteiger partial charge < -0.3 is 10.1 Å². The van der Waals surface area contributed by atoms with Crippen LogP contribution >= 0.6 is 0 Å². The van der Waals surface area contributed by atoms with Crippen molar-refractivity contribution < 1.29 is 4.74 Å². The fraction of sp³-hybridized carbons (Fsp3) is 0.235. The van der Waals surface area contributed by atoms with Crippen molar-refractivity contribution in [1.82, 2.24) is 5.32 Å². The molecule has 0 fully saturated rings. The van der Waals surface area contributed by atoms with Gasteiger partial charge in [-0.25, -0.2) is 0 Å². The quantitative estimate of drug-likeness (QED) is 0.783. The van der Waals surface area contributed by atoms with Crippen LogP contribution in [0.25, 0.3) is 0 Å². The number of nitriles is 1. The van der Waals surface area contributed by atoms with Gasteiger partial charge in [-0.1, -0.05) is 30.3 Å². The predicted molar refractivity (Wildman–Crippen MR) is 79.4 cm³/mol. The summed E-state index contributed by atoms with van der Waals surface area (Å²) in [6.45, 7) is 2.48. The van der Waals surface area contributed by atoms with Crippen LogP contribution in [0.5, 0.6) is 5.75 Å². The Morgan fingerprint density at radius 3 is 2.45 bits per heavy atom. The molecule has 0 amide bonds. The molecule has 0 unspecified atom stereocenters. The van der Waals surface area contributed by atoms with E-state index in [1.54, 1.807) is 12.1 Å². The highest BCUT2D eigenvalue weighted by Gasteiger charge is 1.95. The summed E-state index contributed by atoms with van der Waals surface area (Å²) in [5.74, 6) is 0.812. The molecule has 0 radical (unpaired) electrons. The second-order valence-corrected chi connectivity index (χ2v) is 4.50. The van der Waals surface area contributed by atoms with Gasteiger partial charge in [-0.15, -0.1) is 0 Å². The highest BCUT2D eigenvalue weighted by molar-refractivity contribution is 5.34. The van der Waals surface area contributed by atoms with Crippen molar-refractivity contribution in [2.24, 2.45) is 0 Å². The minimum Gasteiger partial charge on any atom is -0.494 e. The van der Waals surface area contributed by atoms with Crippen molar-refractivity contribution in [1.29, 1.82) is 5.26 Å². The lowest BCUT2D eigenvalue weighted by atomic mass is 10.2. The monoisotopic (exact) mass is 266 g/mol. The second-order valence-electron chi connectivity index (χ2n) is 4.50. The maximum absolute atomic E-state index is 8.70. The van der Waals surface area contributed by atoms with E-state index in [4.69, 9.17) is 10.00 Å². The smallest absolute Gasteiger partial charge is 0.119 e. The Bertz CT molecular complexity index is 543. The molecule has 2 aromatic carbocycles. The third-order valence-corrected chi connectivity index (χ3v) is 2.92. The van der Waals surface area contributed by atoms with Crippen molar-refractivity contribution in [3.63, 3.8) is 0 Å². The fourth-order valence-electron chi connectivity index (χ4n) is 1.84. The number of nitrogens with one attached hydrogen (secondary N) is 1. The van der Waals surface area contributed by atoms with Crippen molar-refractivity contribution >= 4 is 0 Å². The summed E-state index contributed by atoms with van der Waals surface area (Å²) in [5, 5.41) is 12.1. The maximum atomic E-state index is 8.70. The van der Waals surface area contributed by atoms with E-state index in [1.165, 1.54) is 5.56 Å². The first-order valence-electron chi connectivity index (χ1n) is 6.76. The topological polar surface area (TPSA) is 45.0 Å². The molecule has 2 rings (SSSR count). The molecular weight excluding hydrogens is 248 g/mol. The van der Waals surface area contributed by atoms with Crippen LogP contribution in [0.3, 0.4) is 0 Å². The van der Waals surface area contributed by atoms with E-state index in [2.05, 4.69) is 23.5 Å². The molecule has 102 valence electrons. The minimum absolute atomic E-state index is 0.655. The van der Waals surface area contributed by atoms with Crippen molar-refractivity contribution in [3.8, 4) is 11.8 Å². The van der Waals surface area contributed by atoms with Gasteiger partial charge in [0.1, 0.15) is 5.75 Å². The largest absolute Gasteiger partial charge is 0.494 e. The number of nitrogens with zero attached hydrogens (tertiary/aromatic N) is 1. The lowest BCUT2D eigenvalue weighted by Gasteiger charge is -2.07. The molecule has 3 heteroatoms. The zero-order chi connectivity index (χ0) is 14.0. The molecule has 0 atom stereocenters. The number of rotatable bonds is 7. The normalized spacial score (nSPS) is 9.95. The SMILES string of the molecule is N#Cc1ccc(OCCCNCc2ccccc2)cc1. The Labute approximate surface area is 119 Å². The van der Waals surface area contributed by atoms with Crippen molar-refractivity contribution in [2.45, 2.75) is 13.0 Å². The van der Waals surface area contributed by atoms with E-state index < -0.39 is 0 Å². The number of ether oxygens (including phenoxy) is 1. The molecule has 0 saturated heterocycles. The van der Waals surface area contributed by atoms with Crippen LogP contribution in [0.1, 0.15) is 17.5 Å². The molecule has 0 saturated carbocycles. The van der Waals surface area contributed by atoms with Crippen LogP contribution in [0, 0.1) is 11.3 Å². The number of hydrogen-bond acceptors (Lipinski definition) is 3. The summed E-state index contributed by atoms with van der Waals surface area (Å²) >= 11 is 0. The van der Waals surface area contributed by atoms with Crippen LogP contribution in [0.2, 0.25) is 0 Å². The van der Waals surface area contributed by atoms with E-state index in [0.717, 1.165) is 25.3 Å². The molecule has 20 heavy (non-hydrogen) atoms. The molecule has 0 aliphatic rings. The maximum Gasteiger partial charge on any atom is 0.119 e. The number of benzene rings is 2. The van der Waals surface area contributed by atoms with Crippen molar-refractivity contribution in [3.05, 3.63) is 65.7 Å². The molecule has 3 nitrogen and oxygen atoms in total. The molecule has 0 heterocycles. The summed E-state index contributed by atoms with van der Waals surface area (Å²) < 4.78 is 5.61. The molecule has 0 aliphatic heterocycles. The standard InChI is InChI=1S/C17H18N2O/c18-13-15-7-9-17(10-8-15)20-12-4-11-19-14-16-5-2-1-3-6-16/h1-3,5-10,19H,4,11-12,14H2. The Morgan fingerprint density at radius 1 is 1.00 bits per heavy atom. The van der Waals surface area contributed by atoms with Crippen LogP contribution in [0.15, 0.2) is 54.6 Å². The van der Waals surface area contributed by atoms with Gasteiger partial charge in [0.05, 0.1) is 18.2 Å². The molecule has 0 bridgehead atoms. The summed E-state index contributed by atoms with van der Waals surface area (Å²) in [4.78, 5) is 0. The minimum atomic E-state index is 0.655. The molecule has 2 aromatic rings. The van der Waals surface area contributed by atoms with Gasteiger partial charge in [0.15, 0.2) is 0 Å². The van der Waals surface area contributed by atoms with E-state index in [0.29, 0.717) is 12.2 Å². The summed E-state index contributed by atoms with van der Waals surface area (Å²) in [7, 11) is 0. The molecular formula is C17H18N2O. The highest BCUT2D eigenvalue weighted by Crippen LogP contribution is 2.11. The van der Waals surface area contributed by atoms with Crippen LogP contribution in [-0.2, 0) is 6.54 Å². The first kappa shape index (κ1) is 14.1. The lowest BCUT2D eigenvalue weighted by Crippen LogP contribution is -2.16. The van der Waals surface area contributed by atoms with Gasteiger partial charge in [0.25, 0.3) is 0 Å². The van der Waals surface area contributed by atoms with E-state index in [9.17, 15) is 0 Å². The molecule has 0 aromatic heterocycles. The summed E-state index contributed by atoms with van der Waals surface area (Å²) in [6, 6.07) is 19.6. The highest BCUT2D eigenvalue weighted by atomic mass is 16.5. The lowest BCUT2D eigenvalue weighted by molar-refractivity contribution is 0.308. The van der Waals surface area contributed by atoms with Crippen LogP contribution < -0.4 is 10.1 Å². The third-order valence-electron chi connectivity index (χ3n) is 2.92. The Hall–Kier alpha value is -2.31. The predicted octanol–water partition coefficient (Wildman–Crippen LogP) is 3.12. The third kappa shape index (κ3) is 4.75. The fourth-order valence-corrected chi connectivity index (χ4v) is 1.84. The van der Waals surface area contributed by atoms with E-state index in [1.807, 2.05) is 30.3 Å². The summed E-state index contributed by atoms with van der Waals surface area (Å²) in [5.41, 5.74) is 1.95. The zero-order valence-electron chi connectivity index (χ0n) is 11.4. The summed E-state index contributed by atoms with van der Waals surface area (Å²) in [6.07, 6.45) is 0.951. The van der Waals surface area contributed by atoms with Gasteiger partial charge in [-0.3, -0.25) is 0 Å². The van der Waals surface area contributed by atoms with Crippen LogP contribution in [-0.4, -0.2) is 13.2 Å². The van der Waals surface area contributed by atoms with E-state index in [-0.39, 0.29) is 0 Å². The zero-order valence-corrected chi connectivity index (χ0v) is 11.4. The van der Waals surface area contributed by atoms with E-state index >= 15 is 0 Å². The van der Waals surface area contributed by atoms with Crippen molar-refractivity contribution in [2.75, 3.05) is 13.2 Å². The van der Waals surface area contributed by atoms with Gasteiger partial charge in [-0.05, 0) is 42.8 Å². The van der Waals surface area contributed by atoms with Gasteiger partial charge in [0.2, 0.25) is 0 Å². The Morgan fingerprint density at radius 2 is 1.75 bits per heavy atom. The average Bonchev–Trinajstić information content (AvgIpc) is 2.52. The second kappa shape index (κ2) is 7.98. The first-order valence-corrected chi connectivity index (χ1v) is 6.76. The molecule has 0 spiro atoms. The van der Waals surface area contributed by atoms with Gasteiger partial charge >= 0.3 is 0 Å². The first-order chi connectivity index (χ1) is 9.88. The Balaban J connectivity index is 1.58. The molecule has 1 N–H and O–H groups in total.